The molecule has 2 heterocycles. The number of rotatable bonds is 5. The van der Waals surface area contributed by atoms with Crippen molar-refractivity contribution in [3.63, 3.8) is 0 Å². The molecular weight excluding hydrogens is 248 g/mol. The number of hydrogen-bond donors (Lipinski definition) is 1. The first kappa shape index (κ1) is 12.7. The second-order valence-electron chi connectivity index (χ2n) is 3.76. The van der Waals surface area contributed by atoms with E-state index in [9.17, 15) is 4.79 Å². The van der Waals surface area contributed by atoms with Gasteiger partial charge in [-0.15, -0.1) is 0 Å². The van der Waals surface area contributed by atoms with E-state index < -0.39 is 0 Å². The molecule has 1 amide bonds. The van der Waals surface area contributed by atoms with Crippen molar-refractivity contribution in [1.82, 2.24) is 10.3 Å². The van der Waals surface area contributed by atoms with Crippen LogP contribution < -0.4 is 5.32 Å². The molecule has 0 saturated heterocycles. The molecule has 0 fully saturated rings. The zero-order valence-corrected chi connectivity index (χ0v) is 10.8. The fraction of sp³-hybridized carbons (Fsp3) is 0.231. The molecule has 2 aromatic rings. The quantitative estimate of drug-likeness (QED) is 0.842. The Hall–Kier alpha value is -1.75. The van der Waals surface area contributed by atoms with Crippen LogP contribution in [0.3, 0.4) is 0 Å². The maximum absolute atomic E-state index is 11.7. The van der Waals surface area contributed by atoms with E-state index in [4.69, 9.17) is 4.42 Å². The second kappa shape index (κ2) is 6.26. The summed E-state index contributed by atoms with van der Waals surface area (Å²) < 4.78 is 5.23. The number of nitrogens with one attached hydrogen (secondary N) is 1. The van der Waals surface area contributed by atoms with Gasteiger partial charge in [0.05, 0.1) is 23.1 Å². The normalized spacial score (nSPS) is 12.1. The van der Waals surface area contributed by atoms with Crippen molar-refractivity contribution in [3.8, 4) is 0 Å². The molecule has 0 aliphatic rings. The maximum atomic E-state index is 11.7. The largest absolute Gasteiger partial charge is 0.467 e. The number of pyridine rings is 1. The number of furan rings is 1. The van der Waals surface area contributed by atoms with Gasteiger partial charge in [-0.3, -0.25) is 4.79 Å². The molecule has 0 bridgehead atoms. The van der Waals surface area contributed by atoms with Gasteiger partial charge in [0.15, 0.2) is 0 Å². The molecule has 1 atom stereocenters. The minimum atomic E-state index is -0.114. The van der Waals surface area contributed by atoms with Gasteiger partial charge in [-0.25, -0.2) is 4.98 Å². The van der Waals surface area contributed by atoms with Crippen molar-refractivity contribution in [2.24, 2.45) is 0 Å². The Kier molecular flexibility index (Phi) is 4.41. The molecule has 94 valence electrons. The Bertz CT molecular complexity index is 485. The standard InChI is InChI=1S/C13H14N2O2S/c1-10(11-5-4-8-17-11)15-12(16)9-18-13-6-2-3-7-14-13/h2-8,10H,9H2,1H3,(H,15,16). The highest BCUT2D eigenvalue weighted by Crippen LogP contribution is 2.15. The number of thioether (sulfide) groups is 1. The first-order valence-electron chi connectivity index (χ1n) is 5.62. The van der Waals surface area contributed by atoms with Crippen LogP contribution in [0.25, 0.3) is 0 Å². The number of carbonyl (C=O) groups is 1. The topological polar surface area (TPSA) is 55.1 Å². The fourth-order valence-corrected chi connectivity index (χ4v) is 2.14. The van der Waals surface area contributed by atoms with Crippen molar-refractivity contribution < 1.29 is 9.21 Å². The van der Waals surface area contributed by atoms with E-state index in [1.54, 1.807) is 18.5 Å². The van der Waals surface area contributed by atoms with Gasteiger partial charge in [-0.2, -0.15) is 0 Å². The molecule has 0 aliphatic heterocycles. The average Bonchev–Trinajstić information content (AvgIpc) is 2.91. The zero-order chi connectivity index (χ0) is 12.8. The predicted octanol–water partition coefficient (Wildman–Crippen LogP) is 2.64. The van der Waals surface area contributed by atoms with Crippen molar-refractivity contribution in [2.75, 3.05) is 5.75 Å². The molecule has 2 aromatic heterocycles. The summed E-state index contributed by atoms with van der Waals surface area (Å²) in [5.74, 6) is 1.07. The summed E-state index contributed by atoms with van der Waals surface area (Å²) >= 11 is 1.41. The smallest absolute Gasteiger partial charge is 0.230 e. The van der Waals surface area contributed by atoms with Crippen LogP contribution in [-0.4, -0.2) is 16.6 Å². The van der Waals surface area contributed by atoms with Crippen LogP contribution in [0.2, 0.25) is 0 Å². The zero-order valence-electron chi connectivity index (χ0n) is 10.00. The molecule has 1 N–H and O–H groups in total. The first-order valence-corrected chi connectivity index (χ1v) is 6.61. The molecule has 0 radical (unpaired) electrons. The summed E-state index contributed by atoms with van der Waals surface area (Å²) in [7, 11) is 0. The highest BCUT2D eigenvalue weighted by molar-refractivity contribution is 7.99. The minimum absolute atomic E-state index is 0.0328. The predicted molar refractivity (Wildman–Crippen MR) is 70.2 cm³/mol. The van der Waals surface area contributed by atoms with Crippen molar-refractivity contribution in [1.29, 1.82) is 0 Å². The molecule has 0 aromatic carbocycles. The summed E-state index contributed by atoms with van der Waals surface area (Å²) in [6, 6.07) is 9.17. The lowest BCUT2D eigenvalue weighted by molar-refractivity contribution is -0.119. The molecule has 4 nitrogen and oxygen atoms in total. The van der Waals surface area contributed by atoms with Crippen LogP contribution in [0.15, 0.2) is 52.2 Å². The lowest BCUT2D eigenvalue weighted by Crippen LogP contribution is -2.27. The number of aromatic nitrogens is 1. The Balaban J connectivity index is 1.79. The monoisotopic (exact) mass is 262 g/mol. The van der Waals surface area contributed by atoms with E-state index in [-0.39, 0.29) is 11.9 Å². The summed E-state index contributed by atoms with van der Waals surface area (Å²) in [6.45, 7) is 1.89. The third-order valence-electron chi connectivity index (χ3n) is 2.34. The molecule has 0 spiro atoms. The molecule has 1 unspecified atom stereocenters. The molecule has 18 heavy (non-hydrogen) atoms. The van der Waals surface area contributed by atoms with E-state index in [1.165, 1.54) is 11.8 Å². The Morgan fingerprint density at radius 1 is 1.44 bits per heavy atom. The van der Waals surface area contributed by atoms with Gasteiger partial charge in [0, 0.05) is 6.20 Å². The van der Waals surface area contributed by atoms with Gasteiger partial charge < -0.3 is 9.73 Å². The maximum Gasteiger partial charge on any atom is 0.230 e. The van der Waals surface area contributed by atoms with Crippen LogP contribution in [0.5, 0.6) is 0 Å². The number of carbonyl (C=O) groups excluding carboxylic acids is 1. The van der Waals surface area contributed by atoms with E-state index in [1.807, 2.05) is 31.2 Å². The Morgan fingerprint density at radius 3 is 3.00 bits per heavy atom. The molecule has 0 aliphatic carbocycles. The average molecular weight is 262 g/mol. The molecule has 0 saturated carbocycles. The van der Waals surface area contributed by atoms with E-state index in [0.29, 0.717) is 5.75 Å². The Morgan fingerprint density at radius 2 is 2.33 bits per heavy atom. The third-order valence-corrected chi connectivity index (χ3v) is 3.28. The summed E-state index contributed by atoms with van der Waals surface area (Å²) in [5.41, 5.74) is 0. The van der Waals surface area contributed by atoms with Crippen LogP contribution in [-0.2, 0) is 4.79 Å². The van der Waals surface area contributed by atoms with Gasteiger partial charge in [-0.05, 0) is 31.2 Å². The molecule has 2 rings (SSSR count). The van der Waals surface area contributed by atoms with Gasteiger partial charge >= 0.3 is 0 Å². The first-order chi connectivity index (χ1) is 8.75. The lowest BCUT2D eigenvalue weighted by Gasteiger charge is -2.10. The van der Waals surface area contributed by atoms with Gasteiger partial charge in [0.2, 0.25) is 5.91 Å². The van der Waals surface area contributed by atoms with Crippen LogP contribution in [0, 0.1) is 0 Å². The van der Waals surface area contributed by atoms with E-state index in [0.717, 1.165) is 10.8 Å². The number of hydrogen-bond acceptors (Lipinski definition) is 4. The molecular formula is C13H14N2O2S. The SMILES string of the molecule is CC(NC(=O)CSc1ccccn1)c1ccco1. The van der Waals surface area contributed by atoms with Gasteiger partial charge in [0.25, 0.3) is 0 Å². The third kappa shape index (κ3) is 3.63. The fourth-order valence-electron chi connectivity index (χ4n) is 1.46. The number of amides is 1. The summed E-state index contributed by atoms with van der Waals surface area (Å²) in [6.07, 6.45) is 3.31. The van der Waals surface area contributed by atoms with Crippen LogP contribution >= 0.6 is 11.8 Å². The van der Waals surface area contributed by atoms with Crippen LogP contribution in [0.1, 0.15) is 18.7 Å². The number of nitrogens with zero attached hydrogens (tertiary/aromatic N) is 1. The van der Waals surface area contributed by atoms with Crippen LogP contribution in [0.4, 0.5) is 0 Å². The summed E-state index contributed by atoms with van der Waals surface area (Å²) in [5, 5.41) is 3.72. The minimum Gasteiger partial charge on any atom is -0.467 e. The van der Waals surface area contributed by atoms with E-state index in [2.05, 4.69) is 10.3 Å². The van der Waals surface area contributed by atoms with Gasteiger partial charge in [-0.1, -0.05) is 17.8 Å². The Labute approximate surface area is 110 Å². The van der Waals surface area contributed by atoms with Crippen molar-refractivity contribution in [2.45, 2.75) is 18.0 Å². The summed E-state index contributed by atoms with van der Waals surface area (Å²) in [4.78, 5) is 15.9. The van der Waals surface area contributed by atoms with Crippen molar-refractivity contribution >= 4 is 17.7 Å². The lowest BCUT2D eigenvalue weighted by atomic mass is 10.2. The second-order valence-corrected chi connectivity index (χ2v) is 4.76. The highest BCUT2D eigenvalue weighted by atomic mass is 32.2. The van der Waals surface area contributed by atoms with Gasteiger partial charge in [0.1, 0.15) is 5.76 Å². The van der Waals surface area contributed by atoms with Crippen molar-refractivity contribution in [3.05, 3.63) is 48.6 Å². The van der Waals surface area contributed by atoms with E-state index >= 15 is 0 Å². The highest BCUT2D eigenvalue weighted by Gasteiger charge is 2.11. The molecule has 5 heteroatoms.